The molecule has 1 amide bonds. The summed E-state index contributed by atoms with van der Waals surface area (Å²) in [6, 6.07) is 0.132. The maximum absolute atomic E-state index is 12.6. The van der Waals surface area contributed by atoms with Gasteiger partial charge >= 0.3 is 0 Å². The molecule has 2 aliphatic heterocycles. The molecule has 2 rings (SSSR count). The molecule has 0 spiro atoms. The summed E-state index contributed by atoms with van der Waals surface area (Å²) < 4.78 is 5.33. The van der Waals surface area contributed by atoms with E-state index >= 15 is 0 Å². The monoisotopic (exact) mass is 300 g/mol. The molecule has 2 aliphatic rings. The predicted octanol–water partition coefficient (Wildman–Crippen LogP) is 1.70. The fourth-order valence-corrected chi connectivity index (χ4v) is 3.87. The van der Waals surface area contributed by atoms with Crippen LogP contribution in [0.2, 0.25) is 0 Å². The molecule has 2 fully saturated rings. The summed E-state index contributed by atoms with van der Waals surface area (Å²) in [6.45, 7) is 9.59. The molecule has 0 aromatic rings. The van der Waals surface area contributed by atoms with Crippen LogP contribution in [0.4, 0.5) is 0 Å². The first-order valence-corrected chi connectivity index (χ1v) is 9.02. The van der Waals surface area contributed by atoms with Gasteiger partial charge < -0.3 is 9.64 Å². The number of thioether (sulfide) groups is 1. The Morgan fingerprint density at radius 3 is 2.75 bits per heavy atom. The second-order valence-corrected chi connectivity index (χ2v) is 7.25. The average molecular weight is 300 g/mol. The van der Waals surface area contributed by atoms with Gasteiger partial charge in [0.25, 0.3) is 0 Å². The van der Waals surface area contributed by atoms with Crippen molar-refractivity contribution < 1.29 is 9.53 Å². The van der Waals surface area contributed by atoms with Crippen LogP contribution in [0, 0.1) is 5.92 Å². The van der Waals surface area contributed by atoms with E-state index in [4.69, 9.17) is 4.74 Å². The lowest BCUT2D eigenvalue weighted by Crippen LogP contribution is -2.50. The highest BCUT2D eigenvalue weighted by Crippen LogP contribution is 2.20. The van der Waals surface area contributed by atoms with Crippen molar-refractivity contribution in [2.75, 3.05) is 50.9 Å². The summed E-state index contributed by atoms with van der Waals surface area (Å²) in [5, 5.41) is 0. The standard InChI is InChI=1S/C15H28N2O2S/c1-13(2)12-20-11-8-16-5-3-4-14(16)15(18)17-6-9-19-10-7-17/h13-14H,3-12H2,1-2H3. The Kier molecular flexibility index (Phi) is 6.65. The average Bonchev–Trinajstić information content (AvgIpc) is 2.92. The Bertz CT molecular complexity index is 306. The van der Waals surface area contributed by atoms with E-state index in [-0.39, 0.29) is 6.04 Å². The van der Waals surface area contributed by atoms with Gasteiger partial charge in [0.15, 0.2) is 0 Å². The van der Waals surface area contributed by atoms with Crippen molar-refractivity contribution in [3.63, 3.8) is 0 Å². The number of amides is 1. The zero-order chi connectivity index (χ0) is 14.4. The highest BCUT2D eigenvalue weighted by atomic mass is 32.2. The van der Waals surface area contributed by atoms with Crippen LogP contribution in [0.25, 0.3) is 0 Å². The minimum Gasteiger partial charge on any atom is -0.378 e. The Morgan fingerprint density at radius 2 is 2.05 bits per heavy atom. The Labute approximate surface area is 127 Å². The molecule has 0 aromatic carbocycles. The third-order valence-corrected chi connectivity index (χ3v) is 5.32. The number of morpholine rings is 1. The van der Waals surface area contributed by atoms with Crippen molar-refractivity contribution >= 4 is 17.7 Å². The summed E-state index contributed by atoms with van der Waals surface area (Å²) in [5.74, 6) is 3.45. The summed E-state index contributed by atoms with van der Waals surface area (Å²) in [5.41, 5.74) is 0. The molecule has 2 heterocycles. The van der Waals surface area contributed by atoms with E-state index in [9.17, 15) is 4.79 Å². The summed E-state index contributed by atoms with van der Waals surface area (Å²) in [6.07, 6.45) is 2.20. The maximum Gasteiger partial charge on any atom is 0.240 e. The van der Waals surface area contributed by atoms with E-state index in [1.165, 1.54) is 5.75 Å². The van der Waals surface area contributed by atoms with Crippen LogP contribution in [0.3, 0.4) is 0 Å². The Hall–Kier alpha value is -0.260. The highest BCUT2D eigenvalue weighted by Gasteiger charge is 2.33. The second-order valence-electron chi connectivity index (χ2n) is 6.10. The molecule has 0 radical (unpaired) electrons. The number of rotatable bonds is 6. The highest BCUT2D eigenvalue weighted by molar-refractivity contribution is 7.99. The fourth-order valence-electron chi connectivity index (χ4n) is 2.87. The van der Waals surface area contributed by atoms with Crippen LogP contribution in [0.15, 0.2) is 0 Å². The first-order chi connectivity index (χ1) is 9.68. The van der Waals surface area contributed by atoms with Crippen LogP contribution in [0.5, 0.6) is 0 Å². The predicted molar refractivity (Wildman–Crippen MR) is 84.2 cm³/mol. The zero-order valence-electron chi connectivity index (χ0n) is 12.8. The normalized spacial score (nSPS) is 24.6. The number of hydrogen-bond acceptors (Lipinski definition) is 4. The van der Waals surface area contributed by atoms with Gasteiger partial charge in [-0.3, -0.25) is 9.69 Å². The van der Waals surface area contributed by atoms with E-state index in [1.54, 1.807) is 0 Å². The number of carbonyl (C=O) groups is 1. The van der Waals surface area contributed by atoms with Gasteiger partial charge in [-0.15, -0.1) is 0 Å². The van der Waals surface area contributed by atoms with Crippen LogP contribution < -0.4 is 0 Å². The lowest BCUT2D eigenvalue weighted by Gasteiger charge is -2.32. The fraction of sp³-hybridized carbons (Fsp3) is 0.933. The van der Waals surface area contributed by atoms with E-state index < -0.39 is 0 Å². The molecule has 1 atom stereocenters. The largest absolute Gasteiger partial charge is 0.378 e. The van der Waals surface area contributed by atoms with Gasteiger partial charge in [0.1, 0.15) is 0 Å². The van der Waals surface area contributed by atoms with E-state index in [2.05, 4.69) is 18.7 Å². The SMILES string of the molecule is CC(C)CSCCN1CCCC1C(=O)N1CCOCC1. The van der Waals surface area contributed by atoms with Crippen molar-refractivity contribution in [3.8, 4) is 0 Å². The first-order valence-electron chi connectivity index (χ1n) is 7.87. The molecule has 5 heteroatoms. The van der Waals surface area contributed by atoms with Crippen LogP contribution in [0.1, 0.15) is 26.7 Å². The second kappa shape index (κ2) is 8.25. The molecule has 4 nitrogen and oxygen atoms in total. The van der Waals surface area contributed by atoms with Crippen molar-refractivity contribution in [1.29, 1.82) is 0 Å². The first kappa shape index (κ1) is 16.1. The van der Waals surface area contributed by atoms with Crippen LogP contribution >= 0.6 is 11.8 Å². The van der Waals surface area contributed by atoms with Crippen molar-refractivity contribution in [2.24, 2.45) is 5.92 Å². The topological polar surface area (TPSA) is 32.8 Å². The van der Waals surface area contributed by atoms with Gasteiger partial charge in [0.2, 0.25) is 5.91 Å². The van der Waals surface area contributed by atoms with Crippen molar-refractivity contribution in [2.45, 2.75) is 32.7 Å². The summed E-state index contributed by atoms with van der Waals surface area (Å²) in [7, 11) is 0. The number of ether oxygens (including phenoxy) is 1. The van der Waals surface area contributed by atoms with Crippen LogP contribution in [-0.2, 0) is 9.53 Å². The summed E-state index contributed by atoms with van der Waals surface area (Å²) in [4.78, 5) is 17.0. The molecule has 1 unspecified atom stereocenters. The Morgan fingerprint density at radius 1 is 1.30 bits per heavy atom. The summed E-state index contributed by atoms with van der Waals surface area (Å²) >= 11 is 2.01. The van der Waals surface area contributed by atoms with Gasteiger partial charge in [-0.1, -0.05) is 13.8 Å². The van der Waals surface area contributed by atoms with Crippen LogP contribution in [-0.4, -0.2) is 72.6 Å². The van der Waals surface area contributed by atoms with Gasteiger partial charge in [0, 0.05) is 25.4 Å². The lowest BCUT2D eigenvalue weighted by atomic mass is 10.2. The van der Waals surface area contributed by atoms with E-state index in [0.29, 0.717) is 19.1 Å². The molecular weight excluding hydrogens is 272 g/mol. The minimum absolute atomic E-state index is 0.132. The molecule has 0 aromatic heterocycles. The zero-order valence-corrected chi connectivity index (χ0v) is 13.7. The third-order valence-electron chi connectivity index (χ3n) is 3.95. The molecule has 2 saturated heterocycles. The van der Waals surface area contributed by atoms with Gasteiger partial charge in [-0.05, 0) is 31.1 Å². The quantitative estimate of drug-likeness (QED) is 0.699. The van der Waals surface area contributed by atoms with E-state index in [1.807, 2.05) is 16.7 Å². The molecule has 0 bridgehead atoms. The van der Waals surface area contributed by atoms with E-state index in [0.717, 1.165) is 50.7 Å². The maximum atomic E-state index is 12.6. The smallest absolute Gasteiger partial charge is 0.240 e. The van der Waals surface area contributed by atoms with Gasteiger partial charge in [-0.2, -0.15) is 11.8 Å². The van der Waals surface area contributed by atoms with Crippen molar-refractivity contribution in [1.82, 2.24) is 9.80 Å². The molecule has 0 saturated carbocycles. The minimum atomic E-state index is 0.132. The number of likely N-dealkylation sites (tertiary alicyclic amines) is 1. The Balaban J connectivity index is 1.76. The lowest BCUT2D eigenvalue weighted by molar-refractivity contribution is -0.140. The van der Waals surface area contributed by atoms with Crippen molar-refractivity contribution in [3.05, 3.63) is 0 Å². The number of hydrogen-bond donors (Lipinski definition) is 0. The molecule has 0 aliphatic carbocycles. The number of carbonyl (C=O) groups excluding carboxylic acids is 1. The molecule has 20 heavy (non-hydrogen) atoms. The van der Waals surface area contributed by atoms with Gasteiger partial charge in [-0.25, -0.2) is 0 Å². The molecule has 0 N–H and O–H groups in total. The number of nitrogens with zero attached hydrogens (tertiary/aromatic N) is 2. The third kappa shape index (κ3) is 4.64. The molecule has 116 valence electrons. The van der Waals surface area contributed by atoms with Gasteiger partial charge in [0.05, 0.1) is 19.3 Å². The molecular formula is C15H28N2O2S.